The number of nitrogens with zero attached hydrogens (tertiary/aromatic N) is 5. The number of aromatic nitrogens is 4. The van der Waals surface area contributed by atoms with E-state index in [1.54, 1.807) is 11.8 Å². The number of benzene rings is 2. The van der Waals surface area contributed by atoms with E-state index < -0.39 is 5.41 Å². The van der Waals surface area contributed by atoms with Crippen LogP contribution in [0.15, 0.2) is 54.6 Å². The highest BCUT2D eigenvalue weighted by Crippen LogP contribution is 2.37. The van der Waals surface area contributed by atoms with Gasteiger partial charge in [0.1, 0.15) is 5.75 Å². The summed E-state index contributed by atoms with van der Waals surface area (Å²) in [5.74, 6) is 1.04. The van der Waals surface area contributed by atoms with Gasteiger partial charge in [-0.15, -0.1) is 0 Å². The summed E-state index contributed by atoms with van der Waals surface area (Å²) < 4.78 is 6.93. The molecule has 0 bridgehead atoms. The summed E-state index contributed by atoms with van der Waals surface area (Å²) in [5, 5.41) is 12.0. The van der Waals surface area contributed by atoms with Gasteiger partial charge in [0.2, 0.25) is 11.9 Å². The number of hydrogen-bond acceptors (Lipinski definition) is 6. The third-order valence-corrected chi connectivity index (χ3v) is 4.92. The molecular formula is C19H20N6O2. The summed E-state index contributed by atoms with van der Waals surface area (Å²) >= 11 is 0. The van der Waals surface area contributed by atoms with E-state index in [0.717, 1.165) is 17.0 Å². The molecule has 27 heavy (non-hydrogen) atoms. The molecule has 8 heteroatoms. The largest absolute Gasteiger partial charge is 0.497 e. The van der Waals surface area contributed by atoms with E-state index in [2.05, 4.69) is 15.5 Å². The van der Waals surface area contributed by atoms with E-state index in [1.807, 2.05) is 59.5 Å². The average Bonchev–Trinajstić information content (AvgIpc) is 3.14. The topological polar surface area (TPSA) is 99.2 Å². The normalized spacial score (nSPS) is 15.2. The Morgan fingerprint density at radius 1 is 1.19 bits per heavy atom. The molecule has 0 radical (unpaired) electrons. The van der Waals surface area contributed by atoms with E-state index in [1.165, 1.54) is 0 Å². The molecule has 2 aromatic carbocycles. The minimum atomic E-state index is -0.653. The summed E-state index contributed by atoms with van der Waals surface area (Å²) in [5.41, 5.74) is 6.98. The highest BCUT2D eigenvalue weighted by atomic mass is 16.5. The maximum atomic E-state index is 12.2. The highest BCUT2D eigenvalue weighted by Gasteiger charge is 2.49. The van der Waals surface area contributed by atoms with Crippen LogP contribution in [0.4, 0.5) is 5.95 Å². The van der Waals surface area contributed by atoms with Crippen molar-refractivity contribution in [1.29, 1.82) is 0 Å². The number of anilines is 1. The van der Waals surface area contributed by atoms with Crippen LogP contribution in [0.3, 0.4) is 0 Å². The summed E-state index contributed by atoms with van der Waals surface area (Å²) in [6, 6.07) is 17.3. The number of rotatable bonds is 6. The second-order valence-electron chi connectivity index (χ2n) is 6.76. The van der Waals surface area contributed by atoms with Crippen molar-refractivity contribution in [3.8, 4) is 11.4 Å². The number of nitrogens with two attached hydrogens (primary N) is 1. The Morgan fingerprint density at radius 3 is 2.67 bits per heavy atom. The summed E-state index contributed by atoms with van der Waals surface area (Å²) in [6.07, 6.45) is 0.545. The minimum Gasteiger partial charge on any atom is -0.497 e. The van der Waals surface area contributed by atoms with E-state index in [-0.39, 0.29) is 5.91 Å². The van der Waals surface area contributed by atoms with Gasteiger partial charge in [0.25, 0.3) is 0 Å². The van der Waals surface area contributed by atoms with Crippen molar-refractivity contribution in [3.63, 3.8) is 0 Å². The van der Waals surface area contributed by atoms with Crippen LogP contribution in [-0.4, -0.2) is 46.3 Å². The molecule has 4 rings (SSSR count). The first kappa shape index (κ1) is 17.0. The van der Waals surface area contributed by atoms with Gasteiger partial charge in [0.05, 0.1) is 18.2 Å². The molecule has 0 atom stereocenters. The molecule has 8 nitrogen and oxygen atoms in total. The molecular weight excluding hydrogens is 344 g/mol. The van der Waals surface area contributed by atoms with Crippen LogP contribution in [0.2, 0.25) is 0 Å². The number of methoxy groups -OCH3 is 1. The van der Waals surface area contributed by atoms with Gasteiger partial charge in [-0.3, -0.25) is 4.79 Å². The van der Waals surface area contributed by atoms with E-state index in [0.29, 0.717) is 25.5 Å². The predicted octanol–water partition coefficient (Wildman–Crippen LogP) is 1.21. The number of amides is 1. The molecule has 1 aliphatic rings. The Kier molecular flexibility index (Phi) is 4.23. The zero-order valence-corrected chi connectivity index (χ0v) is 14.9. The molecule has 1 saturated heterocycles. The van der Waals surface area contributed by atoms with Gasteiger partial charge in [0.15, 0.2) is 0 Å². The van der Waals surface area contributed by atoms with Crippen molar-refractivity contribution < 1.29 is 9.53 Å². The molecule has 0 spiro atoms. The maximum Gasteiger partial charge on any atom is 0.250 e. The van der Waals surface area contributed by atoms with Gasteiger partial charge in [-0.25, -0.2) is 0 Å². The fraction of sp³-hybridized carbons (Fsp3) is 0.263. The molecule has 0 saturated carbocycles. The van der Waals surface area contributed by atoms with E-state index >= 15 is 0 Å². The molecule has 0 aliphatic carbocycles. The van der Waals surface area contributed by atoms with Crippen molar-refractivity contribution in [3.05, 3.63) is 60.2 Å². The molecule has 138 valence electrons. The number of tetrazole rings is 1. The van der Waals surface area contributed by atoms with Gasteiger partial charge in [-0.2, -0.15) is 4.68 Å². The van der Waals surface area contributed by atoms with Crippen LogP contribution >= 0.6 is 0 Å². The molecule has 1 aliphatic heterocycles. The minimum absolute atomic E-state index is 0.319. The van der Waals surface area contributed by atoms with E-state index in [9.17, 15) is 4.79 Å². The second kappa shape index (κ2) is 6.71. The first-order valence-corrected chi connectivity index (χ1v) is 8.63. The molecule has 0 unspecified atom stereocenters. The number of hydrogen-bond donors (Lipinski definition) is 1. The van der Waals surface area contributed by atoms with E-state index in [4.69, 9.17) is 10.5 Å². The van der Waals surface area contributed by atoms with Crippen molar-refractivity contribution >= 4 is 11.9 Å². The number of ether oxygens (including phenoxy) is 1. The lowest BCUT2D eigenvalue weighted by atomic mass is 9.74. The van der Waals surface area contributed by atoms with Crippen LogP contribution < -0.4 is 15.4 Å². The Bertz CT molecular complexity index is 950. The van der Waals surface area contributed by atoms with Crippen molar-refractivity contribution in [2.75, 3.05) is 25.1 Å². The number of carbonyl (C=O) groups excluding carboxylic acids is 1. The lowest BCUT2D eigenvalue weighted by Gasteiger charge is -2.48. The fourth-order valence-electron chi connectivity index (χ4n) is 3.47. The van der Waals surface area contributed by atoms with Gasteiger partial charge in [0, 0.05) is 13.1 Å². The fourth-order valence-corrected chi connectivity index (χ4v) is 3.47. The Labute approximate surface area is 156 Å². The Morgan fingerprint density at radius 2 is 1.96 bits per heavy atom. The van der Waals surface area contributed by atoms with Crippen LogP contribution in [0.25, 0.3) is 5.69 Å². The Hall–Kier alpha value is -3.42. The lowest BCUT2D eigenvalue weighted by molar-refractivity contribution is -0.129. The van der Waals surface area contributed by atoms with Gasteiger partial charge in [-0.05, 0) is 46.7 Å². The van der Waals surface area contributed by atoms with Crippen LogP contribution in [0.1, 0.15) is 5.56 Å². The Balaban J connectivity index is 1.55. The first-order valence-electron chi connectivity index (χ1n) is 8.63. The lowest BCUT2D eigenvalue weighted by Crippen LogP contribution is -2.64. The molecule has 1 amide bonds. The van der Waals surface area contributed by atoms with Crippen molar-refractivity contribution in [2.45, 2.75) is 6.42 Å². The van der Waals surface area contributed by atoms with Crippen LogP contribution in [0.5, 0.6) is 5.75 Å². The van der Waals surface area contributed by atoms with Crippen molar-refractivity contribution in [1.82, 2.24) is 20.2 Å². The molecule has 2 heterocycles. The molecule has 3 aromatic rings. The average molecular weight is 364 g/mol. The second-order valence-corrected chi connectivity index (χ2v) is 6.76. The molecule has 1 fully saturated rings. The summed E-state index contributed by atoms with van der Waals surface area (Å²) in [7, 11) is 1.62. The maximum absolute atomic E-state index is 12.2. The number of carbonyl (C=O) groups is 1. The van der Waals surface area contributed by atoms with Crippen LogP contribution in [-0.2, 0) is 11.2 Å². The SMILES string of the molecule is COc1cccc(CC2(C(N)=O)CN(c3nnnn3-c3ccccc3)C2)c1. The van der Waals surface area contributed by atoms with Crippen LogP contribution in [0, 0.1) is 5.41 Å². The molecule has 2 N–H and O–H groups in total. The standard InChI is InChI=1S/C19H20N6O2/c1-27-16-9-5-6-14(10-16)11-19(17(20)26)12-24(13-19)18-21-22-23-25(18)15-7-3-2-4-8-15/h2-10H,11-13H2,1H3,(H2,20,26). The smallest absolute Gasteiger partial charge is 0.250 e. The van der Waals surface area contributed by atoms with Gasteiger partial charge < -0.3 is 15.4 Å². The summed E-state index contributed by atoms with van der Waals surface area (Å²) in [6.45, 7) is 0.930. The highest BCUT2D eigenvalue weighted by molar-refractivity contribution is 5.84. The van der Waals surface area contributed by atoms with Gasteiger partial charge in [-0.1, -0.05) is 35.4 Å². The van der Waals surface area contributed by atoms with Gasteiger partial charge >= 0.3 is 0 Å². The first-order chi connectivity index (χ1) is 13.1. The third-order valence-electron chi connectivity index (χ3n) is 4.92. The predicted molar refractivity (Wildman–Crippen MR) is 99.7 cm³/mol. The summed E-state index contributed by atoms with van der Waals surface area (Å²) in [4.78, 5) is 14.2. The number of para-hydroxylation sites is 1. The third kappa shape index (κ3) is 3.10. The molecule has 1 aromatic heterocycles. The monoisotopic (exact) mass is 364 g/mol. The van der Waals surface area contributed by atoms with Crippen molar-refractivity contribution in [2.24, 2.45) is 11.1 Å². The quantitative estimate of drug-likeness (QED) is 0.706. The zero-order valence-electron chi connectivity index (χ0n) is 14.9. The number of primary amides is 1. The zero-order chi connectivity index (χ0) is 18.9.